The molecule has 0 spiro atoms. The van der Waals surface area contributed by atoms with Gasteiger partial charge in [-0.25, -0.2) is 4.98 Å². The first kappa shape index (κ1) is 18.9. The monoisotopic (exact) mass is 393 g/mol. The van der Waals surface area contributed by atoms with Gasteiger partial charge in [-0.1, -0.05) is 47.2 Å². The van der Waals surface area contributed by atoms with Crippen LogP contribution < -0.4 is 4.90 Å². The molecule has 1 amide bonds. The molecule has 28 heavy (non-hydrogen) atoms. The third-order valence-electron chi connectivity index (χ3n) is 5.68. The number of nitrogens with zero attached hydrogens (tertiary/aromatic N) is 3. The molecular formula is C23H27N3OS. The smallest absolute Gasteiger partial charge is 0.227 e. The summed E-state index contributed by atoms with van der Waals surface area (Å²) in [5.74, 6) is 0.226. The topological polar surface area (TPSA) is 36.4 Å². The van der Waals surface area contributed by atoms with Crippen molar-refractivity contribution in [1.82, 2.24) is 9.88 Å². The van der Waals surface area contributed by atoms with E-state index in [1.165, 1.54) is 27.0 Å². The SMILES string of the molecule is Cc1ccc(C)c(CC(=O)N2CCN(c3nc4c(C)ccc(C)c4s3)CC2)c1. The van der Waals surface area contributed by atoms with Gasteiger partial charge in [0.15, 0.2) is 5.13 Å². The fraction of sp³-hybridized carbons (Fsp3) is 0.391. The van der Waals surface area contributed by atoms with Gasteiger partial charge in [-0.15, -0.1) is 0 Å². The van der Waals surface area contributed by atoms with Gasteiger partial charge in [0.2, 0.25) is 5.91 Å². The lowest BCUT2D eigenvalue weighted by Crippen LogP contribution is -2.49. The van der Waals surface area contributed by atoms with Crippen LogP contribution >= 0.6 is 11.3 Å². The molecule has 0 N–H and O–H groups in total. The van der Waals surface area contributed by atoms with Crippen molar-refractivity contribution in [2.45, 2.75) is 34.1 Å². The van der Waals surface area contributed by atoms with Crippen molar-refractivity contribution in [1.29, 1.82) is 0 Å². The lowest BCUT2D eigenvalue weighted by Gasteiger charge is -2.34. The molecule has 1 fully saturated rings. The molecule has 0 saturated carbocycles. The Labute approximate surface area is 170 Å². The van der Waals surface area contributed by atoms with Crippen LogP contribution in [0, 0.1) is 27.7 Å². The van der Waals surface area contributed by atoms with E-state index < -0.39 is 0 Å². The van der Waals surface area contributed by atoms with Crippen LogP contribution in [0.2, 0.25) is 0 Å². The number of aryl methyl sites for hydroxylation is 4. The van der Waals surface area contributed by atoms with E-state index in [0.29, 0.717) is 6.42 Å². The molecular weight excluding hydrogens is 366 g/mol. The van der Waals surface area contributed by atoms with Gasteiger partial charge in [0, 0.05) is 26.2 Å². The average Bonchev–Trinajstić information content (AvgIpc) is 3.15. The summed E-state index contributed by atoms with van der Waals surface area (Å²) in [6.45, 7) is 11.6. The van der Waals surface area contributed by atoms with E-state index in [9.17, 15) is 4.79 Å². The van der Waals surface area contributed by atoms with Crippen molar-refractivity contribution in [3.63, 3.8) is 0 Å². The van der Waals surface area contributed by atoms with Gasteiger partial charge in [-0.2, -0.15) is 0 Å². The molecule has 2 heterocycles. The van der Waals surface area contributed by atoms with Crippen molar-refractivity contribution in [3.8, 4) is 0 Å². The standard InChI is InChI=1S/C23H27N3OS/c1-15-5-6-16(2)19(13-15)14-20(27)25-9-11-26(12-10-25)23-24-21-17(3)7-8-18(4)22(21)28-23/h5-8,13H,9-12,14H2,1-4H3. The summed E-state index contributed by atoms with van der Waals surface area (Å²) in [6, 6.07) is 10.7. The van der Waals surface area contributed by atoms with Crippen molar-refractivity contribution < 1.29 is 4.79 Å². The Bertz CT molecular complexity index is 993. The molecule has 1 aromatic heterocycles. The Hall–Kier alpha value is -2.40. The highest BCUT2D eigenvalue weighted by molar-refractivity contribution is 7.22. The lowest BCUT2D eigenvalue weighted by molar-refractivity contribution is -0.130. The highest BCUT2D eigenvalue weighted by Gasteiger charge is 2.24. The number of piperazine rings is 1. The second-order valence-electron chi connectivity index (χ2n) is 7.85. The van der Waals surface area contributed by atoms with Crippen LogP contribution in [0.5, 0.6) is 0 Å². The summed E-state index contributed by atoms with van der Waals surface area (Å²) in [5.41, 5.74) is 7.17. The van der Waals surface area contributed by atoms with Gasteiger partial charge >= 0.3 is 0 Å². The van der Waals surface area contributed by atoms with Crippen LogP contribution in [0.15, 0.2) is 30.3 Å². The fourth-order valence-corrected chi connectivity index (χ4v) is 4.96. The second-order valence-corrected chi connectivity index (χ2v) is 8.83. The number of aromatic nitrogens is 1. The zero-order chi connectivity index (χ0) is 19.8. The van der Waals surface area contributed by atoms with Crippen LogP contribution in [0.3, 0.4) is 0 Å². The zero-order valence-electron chi connectivity index (χ0n) is 17.1. The zero-order valence-corrected chi connectivity index (χ0v) is 17.9. The van der Waals surface area contributed by atoms with Gasteiger partial charge in [0.1, 0.15) is 0 Å². The number of benzene rings is 2. The summed E-state index contributed by atoms with van der Waals surface area (Å²) >= 11 is 1.77. The first-order valence-electron chi connectivity index (χ1n) is 9.88. The number of thiazole rings is 1. The Morgan fingerprint density at radius 3 is 2.36 bits per heavy atom. The molecule has 146 valence electrons. The van der Waals surface area contributed by atoms with E-state index in [1.807, 2.05) is 4.90 Å². The molecule has 1 aliphatic rings. The minimum Gasteiger partial charge on any atom is -0.345 e. The van der Waals surface area contributed by atoms with Gasteiger partial charge in [-0.3, -0.25) is 4.79 Å². The van der Waals surface area contributed by atoms with E-state index in [1.54, 1.807) is 11.3 Å². The Morgan fingerprint density at radius 2 is 1.64 bits per heavy atom. The van der Waals surface area contributed by atoms with E-state index in [4.69, 9.17) is 4.98 Å². The van der Waals surface area contributed by atoms with E-state index >= 15 is 0 Å². The average molecular weight is 394 g/mol. The third-order valence-corrected chi connectivity index (χ3v) is 6.93. The molecule has 0 atom stereocenters. The largest absolute Gasteiger partial charge is 0.345 e. The maximum absolute atomic E-state index is 12.8. The number of carbonyl (C=O) groups excluding carboxylic acids is 1. The van der Waals surface area contributed by atoms with Crippen molar-refractivity contribution in [2.75, 3.05) is 31.1 Å². The van der Waals surface area contributed by atoms with E-state index in [0.717, 1.165) is 42.4 Å². The maximum atomic E-state index is 12.8. The molecule has 5 heteroatoms. The predicted octanol–water partition coefficient (Wildman–Crippen LogP) is 4.42. The van der Waals surface area contributed by atoms with E-state index in [2.05, 4.69) is 62.9 Å². The van der Waals surface area contributed by atoms with Gasteiger partial charge in [-0.05, 0) is 49.9 Å². The van der Waals surface area contributed by atoms with E-state index in [-0.39, 0.29) is 5.91 Å². The fourth-order valence-electron chi connectivity index (χ4n) is 3.80. The van der Waals surface area contributed by atoms with Crippen LogP contribution in [0.4, 0.5) is 5.13 Å². The molecule has 0 unspecified atom stereocenters. The van der Waals surface area contributed by atoms with Crippen molar-refractivity contribution in [2.24, 2.45) is 0 Å². The minimum atomic E-state index is 0.226. The summed E-state index contributed by atoms with van der Waals surface area (Å²) in [5, 5.41) is 1.08. The summed E-state index contributed by atoms with van der Waals surface area (Å²) in [4.78, 5) is 22.0. The highest BCUT2D eigenvalue weighted by atomic mass is 32.1. The molecule has 0 radical (unpaired) electrons. The maximum Gasteiger partial charge on any atom is 0.227 e. The molecule has 1 aliphatic heterocycles. The second kappa shape index (κ2) is 7.55. The number of rotatable bonds is 3. The summed E-state index contributed by atoms with van der Waals surface area (Å²) < 4.78 is 1.28. The summed E-state index contributed by atoms with van der Waals surface area (Å²) in [6.07, 6.45) is 0.493. The molecule has 3 aromatic rings. The predicted molar refractivity (Wildman–Crippen MR) is 118 cm³/mol. The quantitative estimate of drug-likeness (QED) is 0.661. The summed E-state index contributed by atoms with van der Waals surface area (Å²) in [7, 11) is 0. The van der Waals surface area contributed by atoms with Gasteiger partial charge in [0.05, 0.1) is 16.6 Å². The lowest BCUT2D eigenvalue weighted by atomic mass is 10.0. The Kier molecular flexibility index (Phi) is 5.11. The number of fused-ring (bicyclic) bond motifs is 1. The minimum absolute atomic E-state index is 0.226. The number of anilines is 1. The van der Waals surface area contributed by atoms with Crippen LogP contribution in [0.1, 0.15) is 27.8 Å². The van der Waals surface area contributed by atoms with Crippen molar-refractivity contribution in [3.05, 3.63) is 58.1 Å². The first-order valence-corrected chi connectivity index (χ1v) is 10.7. The Morgan fingerprint density at radius 1 is 0.964 bits per heavy atom. The Balaban J connectivity index is 1.43. The number of amides is 1. The number of carbonyl (C=O) groups is 1. The molecule has 0 bridgehead atoms. The first-order chi connectivity index (χ1) is 13.4. The molecule has 0 aliphatic carbocycles. The van der Waals surface area contributed by atoms with Gasteiger partial charge in [0.25, 0.3) is 0 Å². The highest BCUT2D eigenvalue weighted by Crippen LogP contribution is 2.33. The number of hydrogen-bond donors (Lipinski definition) is 0. The molecule has 2 aromatic carbocycles. The van der Waals surface area contributed by atoms with Crippen LogP contribution in [0.25, 0.3) is 10.2 Å². The normalized spacial score (nSPS) is 14.7. The molecule has 4 rings (SSSR count). The number of hydrogen-bond acceptors (Lipinski definition) is 4. The molecule has 4 nitrogen and oxygen atoms in total. The van der Waals surface area contributed by atoms with Gasteiger partial charge < -0.3 is 9.80 Å². The molecule has 1 saturated heterocycles. The third kappa shape index (κ3) is 3.63. The van der Waals surface area contributed by atoms with Crippen LogP contribution in [-0.4, -0.2) is 42.0 Å². The van der Waals surface area contributed by atoms with Crippen molar-refractivity contribution >= 4 is 32.6 Å². The van der Waals surface area contributed by atoms with Crippen LogP contribution in [-0.2, 0) is 11.2 Å².